The number of hydrogen-bond acceptors (Lipinski definition) is 1. The molecule has 0 spiro atoms. The Balaban J connectivity index is 2.28. The number of aryl methyl sites for hydroxylation is 1. The molecule has 106 valence electrons. The van der Waals surface area contributed by atoms with Crippen LogP contribution in [0, 0.1) is 24.4 Å². The molecule has 1 unspecified atom stereocenters. The van der Waals surface area contributed by atoms with Crippen LogP contribution in [0.25, 0.3) is 0 Å². The quantitative estimate of drug-likeness (QED) is 0.894. The Kier molecular flexibility index (Phi) is 4.45. The normalized spacial score (nSPS) is 12.4. The van der Waals surface area contributed by atoms with Crippen molar-refractivity contribution in [3.63, 3.8) is 0 Å². The van der Waals surface area contributed by atoms with E-state index in [9.17, 15) is 13.2 Å². The highest BCUT2D eigenvalue weighted by molar-refractivity contribution is 5.28. The first kappa shape index (κ1) is 14.6. The van der Waals surface area contributed by atoms with Crippen molar-refractivity contribution in [1.82, 2.24) is 5.32 Å². The molecule has 2 rings (SSSR count). The van der Waals surface area contributed by atoms with Crippen LogP contribution in [0.4, 0.5) is 13.2 Å². The lowest BCUT2D eigenvalue weighted by atomic mass is 9.97. The highest BCUT2D eigenvalue weighted by atomic mass is 19.1. The smallest absolute Gasteiger partial charge is 0.128 e. The zero-order valence-electron chi connectivity index (χ0n) is 11.4. The lowest BCUT2D eigenvalue weighted by Gasteiger charge is -2.18. The van der Waals surface area contributed by atoms with Gasteiger partial charge >= 0.3 is 0 Å². The van der Waals surface area contributed by atoms with Gasteiger partial charge in [-0.2, -0.15) is 0 Å². The van der Waals surface area contributed by atoms with Gasteiger partial charge in [0.2, 0.25) is 0 Å². The Morgan fingerprint density at radius 2 is 1.65 bits per heavy atom. The molecule has 1 nitrogen and oxygen atoms in total. The predicted molar refractivity (Wildman–Crippen MR) is 73.0 cm³/mol. The van der Waals surface area contributed by atoms with Gasteiger partial charge in [0.05, 0.1) is 0 Å². The summed E-state index contributed by atoms with van der Waals surface area (Å²) in [5, 5.41) is 2.98. The van der Waals surface area contributed by atoms with Crippen molar-refractivity contribution in [2.45, 2.75) is 19.4 Å². The van der Waals surface area contributed by atoms with E-state index in [0.717, 1.165) is 11.6 Å². The van der Waals surface area contributed by atoms with Crippen LogP contribution in [0.15, 0.2) is 36.4 Å². The van der Waals surface area contributed by atoms with Crippen LogP contribution in [0.2, 0.25) is 0 Å². The molecule has 0 aromatic heterocycles. The standard InChI is InChI=1S/C16H16F3N/c1-10-3-4-14(15(19)5-10)16(20-2)8-11-6-12(17)9-13(18)7-11/h3-7,9,16,20H,8H2,1-2H3. The Hall–Kier alpha value is -1.81. The molecule has 0 aliphatic heterocycles. The molecule has 1 N–H and O–H groups in total. The van der Waals surface area contributed by atoms with E-state index >= 15 is 0 Å². The average Bonchev–Trinajstić information content (AvgIpc) is 2.35. The van der Waals surface area contributed by atoms with Gasteiger partial charge < -0.3 is 5.32 Å². The van der Waals surface area contributed by atoms with Crippen LogP contribution in [0.1, 0.15) is 22.7 Å². The fourth-order valence-electron chi connectivity index (χ4n) is 2.25. The maximum atomic E-state index is 14.0. The van der Waals surface area contributed by atoms with Gasteiger partial charge in [-0.1, -0.05) is 12.1 Å². The lowest BCUT2D eigenvalue weighted by molar-refractivity contribution is 0.528. The highest BCUT2D eigenvalue weighted by Gasteiger charge is 2.15. The minimum atomic E-state index is -0.626. The molecule has 4 heteroatoms. The van der Waals surface area contributed by atoms with Crippen LogP contribution < -0.4 is 5.32 Å². The summed E-state index contributed by atoms with van der Waals surface area (Å²) in [6.07, 6.45) is 0.311. The van der Waals surface area contributed by atoms with E-state index in [0.29, 0.717) is 17.5 Å². The van der Waals surface area contributed by atoms with Crippen molar-refractivity contribution >= 4 is 0 Å². The van der Waals surface area contributed by atoms with Gasteiger partial charge in [-0.3, -0.25) is 0 Å². The van der Waals surface area contributed by atoms with Crippen molar-refractivity contribution in [1.29, 1.82) is 0 Å². The zero-order valence-corrected chi connectivity index (χ0v) is 11.4. The van der Waals surface area contributed by atoms with Crippen molar-refractivity contribution in [3.05, 3.63) is 70.5 Å². The fourth-order valence-corrected chi connectivity index (χ4v) is 2.25. The molecule has 0 amide bonds. The number of nitrogens with one attached hydrogen (secondary N) is 1. The second kappa shape index (κ2) is 6.09. The summed E-state index contributed by atoms with van der Waals surface area (Å²) < 4.78 is 40.3. The maximum Gasteiger partial charge on any atom is 0.128 e. The number of hydrogen-bond donors (Lipinski definition) is 1. The van der Waals surface area contributed by atoms with Crippen molar-refractivity contribution in [3.8, 4) is 0 Å². The molecule has 0 aliphatic rings. The number of likely N-dealkylation sites (N-methyl/N-ethyl adjacent to an activating group) is 1. The highest BCUT2D eigenvalue weighted by Crippen LogP contribution is 2.22. The minimum Gasteiger partial charge on any atom is -0.313 e. The van der Waals surface area contributed by atoms with E-state index in [-0.39, 0.29) is 11.9 Å². The topological polar surface area (TPSA) is 12.0 Å². The summed E-state index contributed by atoms with van der Waals surface area (Å²) in [5.74, 6) is -1.57. The van der Waals surface area contributed by atoms with Gasteiger partial charge in [0.15, 0.2) is 0 Å². The van der Waals surface area contributed by atoms with Gasteiger partial charge in [-0.05, 0) is 49.7 Å². The third-order valence-corrected chi connectivity index (χ3v) is 3.24. The van der Waals surface area contributed by atoms with E-state index in [1.54, 1.807) is 13.1 Å². The maximum absolute atomic E-state index is 14.0. The minimum absolute atomic E-state index is 0.311. The van der Waals surface area contributed by atoms with E-state index in [2.05, 4.69) is 5.32 Å². The molecule has 2 aromatic carbocycles. The van der Waals surface area contributed by atoms with E-state index in [4.69, 9.17) is 0 Å². The summed E-state index contributed by atoms with van der Waals surface area (Å²) in [4.78, 5) is 0. The van der Waals surface area contributed by atoms with E-state index in [1.165, 1.54) is 18.2 Å². The monoisotopic (exact) mass is 279 g/mol. The van der Waals surface area contributed by atoms with Gasteiger partial charge in [-0.15, -0.1) is 0 Å². The number of halogens is 3. The van der Waals surface area contributed by atoms with E-state index in [1.807, 2.05) is 13.0 Å². The third kappa shape index (κ3) is 3.39. The van der Waals surface area contributed by atoms with Crippen LogP contribution in [0.3, 0.4) is 0 Å². The fraction of sp³-hybridized carbons (Fsp3) is 0.250. The molecular weight excluding hydrogens is 263 g/mol. The number of benzene rings is 2. The Bertz CT molecular complexity index is 590. The molecule has 0 radical (unpaired) electrons. The van der Waals surface area contributed by atoms with Gasteiger partial charge in [0.1, 0.15) is 17.5 Å². The second-order valence-electron chi connectivity index (χ2n) is 4.85. The first-order valence-electron chi connectivity index (χ1n) is 6.38. The molecule has 0 bridgehead atoms. The first-order chi connectivity index (χ1) is 9.49. The molecular formula is C16H16F3N. The Labute approximate surface area is 116 Å². The summed E-state index contributed by atoms with van der Waals surface area (Å²) in [5.41, 5.74) is 1.81. The van der Waals surface area contributed by atoms with Crippen LogP contribution >= 0.6 is 0 Å². The van der Waals surface area contributed by atoms with Crippen molar-refractivity contribution in [2.75, 3.05) is 7.05 Å². The van der Waals surface area contributed by atoms with Crippen LogP contribution in [-0.4, -0.2) is 7.05 Å². The summed E-state index contributed by atoms with van der Waals surface area (Å²) in [6.45, 7) is 1.81. The largest absolute Gasteiger partial charge is 0.313 e. The second-order valence-corrected chi connectivity index (χ2v) is 4.85. The predicted octanol–water partition coefficient (Wildman–Crippen LogP) is 3.92. The summed E-state index contributed by atoms with van der Waals surface area (Å²) >= 11 is 0. The van der Waals surface area contributed by atoms with Gasteiger partial charge in [0.25, 0.3) is 0 Å². The van der Waals surface area contributed by atoms with E-state index < -0.39 is 11.6 Å². The molecule has 0 saturated carbocycles. The number of rotatable bonds is 4. The Morgan fingerprint density at radius 1 is 1.00 bits per heavy atom. The first-order valence-corrected chi connectivity index (χ1v) is 6.38. The molecule has 0 aliphatic carbocycles. The third-order valence-electron chi connectivity index (χ3n) is 3.24. The van der Waals surface area contributed by atoms with Crippen molar-refractivity contribution in [2.24, 2.45) is 0 Å². The average molecular weight is 279 g/mol. The van der Waals surface area contributed by atoms with Gasteiger partial charge in [0, 0.05) is 17.7 Å². The van der Waals surface area contributed by atoms with Gasteiger partial charge in [-0.25, -0.2) is 13.2 Å². The summed E-state index contributed by atoms with van der Waals surface area (Å²) in [6, 6.07) is 7.97. The SMILES string of the molecule is CNC(Cc1cc(F)cc(F)c1)c1ccc(C)cc1F. The summed E-state index contributed by atoms with van der Waals surface area (Å²) in [7, 11) is 1.69. The molecule has 1 atom stereocenters. The van der Waals surface area contributed by atoms with Crippen LogP contribution in [0.5, 0.6) is 0 Å². The molecule has 2 aromatic rings. The molecule has 0 saturated heterocycles. The molecule has 0 fully saturated rings. The van der Waals surface area contributed by atoms with Crippen LogP contribution in [-0.2, 0) is 6.42 Å². The molecule has 0 heterocycles. The Morgan fingerprint density at radius 3 is 2.20 bits per heavy atom. The van der Waals surface area contributed by atoms with Crippen molar-refractivity contribution < 1.29 is 13.2 Å². The zero-order chi connectivity index (χ0) is 14.7. The lowest BCUT2D eigenvalue weighted by Crippen LogP contribution is -2.20. The molecule has 20 heavy (non-hydrogen) atoms.